The quantitative estimate of drug-likeness (QED) is 0.591. The minimum absolute atomic E-state index is 0.219. The van der Waals surface area contributed by atoms with E-state index < -0.39 is 5.97 Å². The molecule has 23 heavy (non-hydrogen) atoms. The summed E-state index contributed by atoms with van der Waals surface area (Å²) in [5.41, 5.74) is 2.28. The van der Waals surface area contributed by atoms with Crippen molar-refractivity contribution in [1.82, 2.24) is 15.0 Å². The van der Waals surface area contributed by atoms with Gasteiger partial charge in [0.1, 0.15) is 18.2 Å². The summed E-state index contributed by atoms with van der Waals surface area (Å²) in [6.45, 7) is 0.226. The maximum atomic E-state index is 11.5. The van der Waals surface area contributed by atoms with E-state index in [9.17, 15) is 4.79 Å². The van der Waals surface area contributed by atoms with Crippen LogP contribution < -0.4 is 4.74 Å². The van der Waals surface area contributed by atoms with E-state index in [1.807, 2.05) is 24.3 Å². The molecule has 0 bridgehead atoms. The number of aromatic nitrogens is 3. The van der Waals surface area contributed by atoms with Crippen molar-refractivity contribution in [2.24, 2.45) is 0 Å². The Morgan fingerprint density at radius 2 is 2.00 bits per heavy atom. The van der Waals surface area contributed by atoms with Crippen molar-refractivity contribution in [1.29, 1.82) is 0 Å². The number of rotatable bonds is 4. The molecule has 0 saturated carbocycles. The van der Waals surface area contributed by atoms with E-state index in [0.717, 1.165) is 11.1 Å². The maximum Gasteiger partial charge on any atom is 0.356 e. The average Bonchev–Trinajstić information content (AvgIpc) is 3.02. The van der Waals surface area contributed by atoms with Crippen LogP contribution in [0.25, 0.3) is 22.6 Å². The highest BCUT2D eigenvalue weighted by molar-refractivity contribution is 5.90. The fraction of sp³-hybridized carbons (Fsp3) is 0.118. The molecule has 0 aliphatic rings. The van der Waals surface area contributed by atoms with Gasteiger partial charge in [-0.3, -0.25) is 0 Å². The highest BCUT2D eigenvalue weighted by Gasteiger charge is 2.11. The summed E-state index contributed by atoms with van der Waals surface area (Å²) in [5.74, 6) is 3.26. The van der Waals surface area contributed by atoms with Crippen molar-refractivity contribution in [3.05, 3.63) is 42.1 Å². The summed E-state index contributed by atoms with van der Waals surface area (Å²) < 4.78 is 9.98. The van der Waals surface area contributed by atoms with E-state index in [1.54, 1.807) is 12.1 Å². The molecule has 0 aliphatic carbocycles. The van der Waals surface area contributed by atoms with Crippen LogP contribution in [0, 0.1) is 12.3 Å². The molecular weight excluding hydrogens is 294 g/mol. The number of hydrogen-bond donors (Lipinski definition) is 1. The average molecular weight is 307 g/mol. The second-order valence-electron chi connectivity index (χ2n) is 4.66. The summed E-state index contributed by atoms with van der Waals surface area (Å²) >= 11 is 0. The molecule has 1 aromatic carbocycles. The summed E-state index contributed by atoms with van der Waals surface area (Å²) in [6, 6.07) is 10.7. The highest BCUT2D eigenvalue weighted by Crippen LogP contribution is 2.22. The van der Waals surface area contributed by atoms with E-state index in [0.29, 0.717) is 17.2 Å². The predicted molar refractivity (Wildman–Crippen MR) is 85.0 cm³/mol. The zero-order chi connectivity index (χ0) is 16.2. The maximum absolute atomic E-state index is 11.5. The summed E-state index contributed by atoms with van der Waals surface area (Å²) in [4.78, 5) is 23.3. The fourth-order valence-electron chi connectivity index (χ4n) is 2.08. The van der Waals surface area contributed by atoms with Crippen molar-refractivity contribution in [3.8, 4) is 29.5 Å². The molecule has 0 unspecified atom stereocenters. The number of imidazole rings is 1. The molecule has 114 valence electrons. The Kier molecular flexibility index (Phi) is 3.93. The van der Waals surface area contributed by atoms with Crippen LogP contribution in [0.1, 0.15) is 10.5 Å². The van der Waals surface area contributed by atoms with Gasteiger partial charge in [-0.1, -0.05) is 5.92 Å². The van der Waals surface area contributed by atoms with E-state index in [4.69, 9.17) is 11.2 Å². The van der Waals surface area contributed by atoms with E-state index in [1.165, 1.54) is 7.11 Å². The van der Waals surface area contributed by atoms with Gasteiger partial charge in [0.2, 0.25) is 0 Å². The number of carbonyl (C=O) groups is 1. The van der Waals surface area contributed by atoms with E-state index >= 15 is 0 Å². The molecular formula is C17H13N3O3. The van der Waals surface area contributed by atoms with Gasteiger partial charge in [-0.2, -0.15) is 0 Å². The van der Waals surface area contributed by atoms with Gasteiger partial charge in [0, 0.05) is 5.56 Å². The van der Waals surface area contributed by atoms with Gasteiger partial charge in [0.05, 0.1) is 12.6 Å². The van der Waals surface area contributed by atoms with Crippen LogP contribution >= 0.6 is 0 Å². The van der Waals surface area contributed by atoms with Crippen LogP contribution in [-0.2, 0) is 4.74 Å². The number of aromatic amines is 1. The number of nitrogens with zero attached hydrogens (tertiary/aromatic N) is 2. The lowest BCUT2D eigenvalue weighted by Crippen LogP contribution is -2.03. The SMILES string of the molecule is C#CCOc1ccc(-c2nc3nc(C(=O)OC)ccc3[nH]2)cc1. The van der Waals surface area contributed by atoms with Gasteiger partial charge in [-0.15, -0.1) is 6.42 Å². The van der Waals surface area contributed by atoms with Crippen LogP contribution in [0.2, 0.25) is 0 Å². The first-order valence-corrected chi connectivity index (χ1v) is 6.83. The van der Waals surface area contributed by atoms with Crippen LogP contribution in [-0.4, -0.2) is 34.6 Å². The molecule has 0 radical (unpaired) electrons. The van der Waals surface area contributed by atoms with Gasteiger partial charge in [-0.05, 0) is 36.4 Å². The first-order chi connectivity index (χ1) is 11.2. The topological polar surface area (TPSA) is 77.1 Å². The molecule has 3 rings (SSSR count). The van der Waals surface area contributed by atoms with Crippen LogP contribution in [0.3, 0.4) is 0 Å². The number of nitrogens with one attached hydrogen (secondary N) is 1. The number of esters is 1. The summed E-state index contributed by atoms with van der Waals surface area (Å²) in [5, 5.41) is 0. The Bertz CT molecular complexity index is 892. The zero-order valence-corrected chi connectivity index (χ0v) is 12.4. The number of methoxy groups -OCH3 is 1. The minimum atomic E-state index is -0.494. The Morgan fingerprint density at radius 3 is 2.70 bits per heavy atom. The standard InChI is InChI=1S/C17H13N3O3/c1-3-10-23-12-6-4-11(5-7-12)15-18-13-8-9-14(17(21)22-2)19-16(13)20-15/h1,4-9H,10H2,2H3,(H,18,19,20). The molecule has 0 fully saturated rings. The molecule has 0 spiro atoms. The minimum Gasteiger partial charge on any atom is -0.481 e. The van der Waals surface area contributed by atoms with Crippen LogP contribution in [0.15, 0.2) is 36.4 Å². The van der Waals surface area contributed by atoms with Crippen molar-refractivity contribution in [2.45, 2.75) is 0 Å². The Morgan fingerprint density at radius 1 is 1.22 bits per heavy atom. The molecule has 2 heterocycles. The molecule has 3 aromatic rings. The number of H-pyrrole nitrogens is 1. The van der Waals surface area contributed by atoms with Crippen LogP contribution in [0.5, 0.6) is 5.75 Å². The third-order valence-electron chi connectivity index (χ3n) is 3.19. The molecule has 0 aliphatic heterocycles. The number of benzene rings is 1. The van der Waals surface area contributed by atoms with Gasteiger partial charge in [-0.25, -0.2) is 14.8 Å². The van der Waals surface area contributed by atoms with E-state index in [-0.39, 0.29) is 12.3 Å². The van der Waals surface area contributed by atoms with Crippen molar-refractivity contribution in [2.75, 3.05) is 13.7 Å². The summed E-state index contributed by atoms with van der Waals surface area (Å²) in [7, 11) is 1.31. The number of hydrogen-bond acceptors (Lipinski definition) is 5. The number of fused-ring (bicyclic) bond motifs is 1. The van der Waals surface area contributed by atoms with Crippen molar-refractivity contribution >= 4 is 17.1 Å². The normalized spacial score (nSPS) is 10.3. The Balaban J connectivity index is 1.91. The molecule has 1 N–H and O–H groups in total. The van der Waals surface area contributed by atoms with Gasteiger partial charge in [0.15, 0.2) is 11.3 Å². The van der Waals surface area contributed by atoms with Crippen molar-refractivity contribution in [3.63, 3.8) is 0 Å². The smallest absolute Gasteiger partial charge is 0.356 e. The monoisotopic (exact) mass is 307 g/mol. The molecule has 6 heteroatoms. The van der Waals surface area contributed by atoms with E-state index in [2.05, 4.69) is 25.6 Å². The number of ether oxygens (including phenoxy) is 2. The first kappa shape index (κ1) is 14.6. The number of terminal acetylenes is 1. The molecule has 6 nitrogen and oxygen atoms in total. The van der Waals surface area contributed by atoms with Crippen molar-refractivity contribution < 1.29 is 14.3 Å². The zero-order valence-electron chi connectivity index (χ0n) is 12.4. The van der Waals surface area contributed by atoms with Gasteiger partial charge >= 0.3 is 5.97 Å². The number of carbonyl (C=O) groups excluding carboxylic acids is 1. The Hall–Kier alpha value is -3.33. The predicted octanol–water partition coefficient (Wildman–Crippen LogP) is 2.42. The number of pyridine rings is 1. The third-order valence-corrected chi connectivity index (χ3v) is 3.19. The van der Waals surface area contributed by atoms with Gasteiger partial charge < -0.3 is 14.5 Å². The Labute approximate surface area is 132 Å². The lowest BCUT2D eigenvalue weighted by molar-refractivity contribution is 0.0594. The van der Waals surface area contributed by atoms with Crippen LogP contribution in [0.4, 0.5) is 0 Å². The fourth-order valence-corrected chi connectivity index (χ4v) is 2.08. The lowest BCUT2D eigenvalue weighted by Gasteiger charge is -2.02. The van der Waals surface area contributed by atoms with Gasteiger partial charge in [0.25, 0.3) is 0 Å². The molecule has 0 amide bonds. The third kappa shape index (κ3) is 2.99. The lowest BCUT2D eigenvalue weighted by atomic mass is 10.2. The second-order valence-corrected chi connectivity index (χ2v) is 4.66. The molecule has 2 aromatic heterocycles. The summed E-state index contributed by atoms with van der Waals surface area (Å²) in [6.07, 6.45) is 5.15. The second kappa shape index (κ2) is 6.20. The highest BCUT2D eigenvalue weighted by atomic mass is 16.5. The first-order valence-electron chi connectivity index (χ1n) is 6.83. The largest absolute Gasteiger partial charge is 0.481 e. The molecule has 0 atom stereocenters. The molecule has 0 saturated heterocycles.